The lowest BCUT2D eigenvalue weighted by molar-refractivity contribution is -0.0493. The topological polar surface area (TPSA) is 42.3 Å². The van der Waals surface area contributed by atoms with Crippen LogP contribution in [0.3, 0.4) is 0 Å². The normalized spacial score (nSPS) is 10.6. The molecular formula is C14H16F2N4OS. The van der Waals surface area contributed by atoms with Crippen molar-refractivity contribution < 1.29 is 13.5 Å². The van der Waals surface area contributed by atoms with Gasteiger partial charge in [0.1, 0.15) is 5.75 Å². The average molecular weight is 326 g/mol. The number of halogens is 2. The molecule has 0 unspecified atom stereocenters. The number of aromatic nitrogens is 2. The molecule has 8 heteroatoms. The van der Waals surface area contributed by atoms with E-state index in [2.05, 4.69) is 15.2 Å². The highest BCUT2D eigenvalue weighted by atomic mass is 32.1. The van der Waals surface area contributed by atoms with Gasteiger partial charge in [-0.15, -0.1) is 0 Å². The van der Waals surface area contributed by atoms with Crippen molar-refractivity contribution in [2.24, 2.45) is 7.05 Å². The van der Waals surface area contributed by atoms with Crippen molar-refractivity contribution in [2.45, 2.75) is 13.2 Å². The smallest absolute Gasteiger partial charge is 0.387 e. The van der Waals surface area contributed by atoms with E-state index in [0.29, 0.717) is 17.3 Å². The molecule has 0 bridgehead atoms. The Kier molecular flexibility index (Phi) is 5.26. The predicted molar refractivity (Wildman–Crippen MR) is 84.0 cm³/mol. The van der Waals surface area contributed by atoms with E-state index < -0.39 is 6.61 Å². The van der Waals surface area contributed by atoms with Crippen molar-refractivity contribution in [2.75, 3.05) is 12.4 Å². The zero-order chi connectivity index (χ0) is 16.1. The molecular weight excluding hydrogens is 310 g/mol. The maximum Gasteiger partial charge on any atom is 0.387 e. The highest BCUT2D eigenvalue weighted by Gasteiger charge is 2.12. The molecule has 0 saturated heterocycles. The van der Waals surface area contributed by atoms with Gasteiger partial charge in [-0.1, -0.05) is 12.1 Å². The largest absolute Gasteiger partial charge is 0.433 e. The Morgan fingerprint density at radius 1 is 1.41 bits per heavy atom. The van der Waals surface area contributed by atoms with Gasteiger partial charge in [-0.05, 0) is 30.4 Å². The molecule has 0 aliphatic heterocycles. The SMILES string of the molecule is CN(Cc1ccnn1C)C(=S)Nc1ccccc1OC(F)F. The van der Waals surface area contributed by atoms with Crippen LogP contribution in [-0.4, -0.2) is 33.5 Å². The van der Waals surface area contributed by atoms with Gasteiger partial charge in [0.15, 0.2) is 5.11 Å². The van der Waals surface area contributed by atoms with Crippen LogP contribution in [-0.2, 0) is 13.6 Å². The van der Waals surface area contributed by atoms with Gasteiger partial charge in [-0.2, -0.15) is 13.9 Å². The van der Waals surface area contributed by atoms with Crippen molar-refractivity contribution >= 4 is 23.0 Å². The lowest BCUT2D eigenvalue weighted by atomic mass is 10.3. The van der Waals surface area contributed by atoms with E-state index in [1.807, 2.05) is 13.1 Å². The Morgan fingerprint density at radius 3 is 2.77 bits per heavy atom. The first-order valence-electron chi connectivity index (χ1n) is 6.50. The summed E-state index contributed by atoms with van der Waals surface area (Å²) in [5.74, 6) is 0.0498. The van der Waals surface area contributed by atoms with Gasteiger partial charge >= 0.3 is 6.61 Å². The summed E-state index contributed by atoms with van der Waals surface area (Å²) in [7, 11) is 3.64. The Hall–Kier alpha value is -2.22. The predicted octanol–water partition coefficient (Wildman–Crippen LogP) is 2.85. The van der Waals surface area contributed by atoms with Crippen LogP contribution in [0.4, 0.5) is 14.5 Å². The van der Waals surface area contributed by atoms with E-state index in [0.717, 1.165) is 5.69 Å². The highest BCUT2D eigenvalue weighted by Crippen LogP contribution is 2.25. The molecule has 2 aromatic rings. The van der Waals surface area contributed by atoms with E-state index >= 15 is 0 Å². The molecule has 1 aromatic heterocycles. The number of rotatable bonds is 5. The molecule has 22 heavy (non-hydrogen) atoms. The average Bonchev–Trinajstić information content (AvgIpc) is 2.85. The number of hydrogen-bond acceptors (Lipinski definition) is 3. The van der Waals surface area contributed by atoms with Crippen molar-refractivity contribution in [3.05, 3.63) is 42.2 Å². The molecule has 0 amide bonds. The first kappa shape index (κ1) is 16.2. The fraction of sp³-hybridized carbons (Fsp3) is 0.286. The second-order valence-corrected chi connectivity index (χ2v) is 4.99. The zero-order valence-electron chi connectivity index (χ0n) is 12.2. The quantitative estimate of drug-likeness (QED) is 0.856. The summed E-state index contributed by atoms with van der Waals surface area (Å²) in [6.45, 7) is -2.34. The number of aryl methyl sites for hydroxylation is 1. The molecule has 1 aromatic carbocycles. The third-order valence-electron chi connectivity index (χ3n) is 3.01. The molecule has 0 aliphatic carbocycles. The minimum atomic E-state index is -2.89. The Labute approximate surface area is 132 Å². The summed E-state index contributed by atoms with van der Waals surface area (Å²) >= 11 is 5.29. The van der Waals surface area contributed by atoms with Gasteiger partial charge in [-0.25, -0.2) is 0 Å². The van der Waals surface area contributed by atoms with Crippen molar-refractivity contribution in [1.82, 2.24) is 14.7 Å². The summed E-state index contributed by atoms with van der Waals surface area (Å²) in [5, 5.41) is 7.39. The van der Waals surface area contributed by atoms with E-state index in [-0.39, 0.29) is 5.75 Å². The minimum Gasteiger partial charge on any atom is -0.433 e. The third kappa shape index (κ3) is 4.14. The van der Waals surface area contributed by atoms with Crippen LogP contribution >= 0.6 is 12.2 Å². The van der Waals surface area contributed by atoms with Crippen molar-refractivity contribution in [3.8, 4) is 5.75 Å². The Morgan fingerprint density at radius 2 is 2.14 bits per heavy atom. The zero-order valence-corrected chi connectivity index (χ0v) is 13.0. The van der Waals surface area contributed by atoms with Gasteiger partial charge in [-0.3, -0.25) is 4.68 Å². The van der Waals surface area contributed by atoms with Crippen LogP contribution in [0.15, 0.2) is 36.5 Å². The molecule has 0 fully saturated rings. The molecule has 5 nitrogen and oxygen atoms in total. The van der Waals surface area contributed by atoms with Gasteiger partial charge in [0.2, 0.25) is 0 Å². The number of hydrogen-bond donors (Lipinski definition) is 1. The third-order valence-corrected chi connectivity index (χ3v) is 3.43. The monoisotopic (exact) mass is 326 g/mol. The van der Waals surface area contributed by atoms with Crippen LogP contribution in [0, 0.1) is 0 Å². The highest BCUT2D eigenvalue weighted by molar-refractivity contribution is 7.80. The first-order valence-corrected chi connectivity index (χ1v) is 6.91. The number of nitrogens with zero attached hydrogens (tertiary/aromatic N) is 3. The van der Waals surface area contributed by atoms with E-state index in [9.17, 15) is 8.78 Å². The van der Waals surface area contributed by atoms with E-state index in [1.54, 1.807) is 41.0 Å². The van der Waals surface area contributed by atoms with Crippen LogP contribution in [0.25, 0.3) is 0 Å². The standard InChI is InChI=1S/C14H16F2N4OS/c1-19(9-10-7-8-17-20(10)2)14(22)18-11-5-3-4-6-12(11)21-13(15)16/h3-8,13H,9H2,1-2H3,(H,18,22). The number of para-hydroxylation sites is 2. The second-order valence-electron chi connectivity index (χ2n) is 4.61. The van der Waals surface area contributed by atoms with E-state index in [4.69, 9.17) is 12.2 Å². The molecule has 0 aliphatic rings. The molecule has 0 radical (unpaired) electrons. The molecule has 1 heterocycles. The maximum absolute atomic E-state index is 12.4. The van der Waals surface area contributed by atoms with Gasteiger partial charge in [0.05, 0.1) is 17.9 Å². The summed E-state index contributed by atoms with van der Waals surface area (Å²) in [5.41, 5.74) is 1.37. The molecule has 2 rings (SSSR count). The van der Waals surface area contributed by atoms with Crippen molar-refractivity contribution in [1.29, 1.82) is 0 Å². The fourth-order valence-electron chi connectivity index (χ4n) is 1.85. The lowest BCUT2D eigenvalue weighted by Gasteiger charge is -2.22. The Balaban J connectivity index is 2.04. The minimum absolute atomic E-state index is 0.0498. The number of nitrogens with one attached hydrogen (secondary N) is 1. The Bertz CT molecular complexity index is 647. The summed E-state index contributed by atoms with van der Waals surface area (Å²) in [6, 6.07) is 8.29. The fourth-order valence-corrected chi connectivity index (χ4v) is 2.03. The van der Waals surface area contributed by atoms with Gasteiger partial charge < -0.3 is 15.0 Å². The maximum atomic E-state index is 12.4. The van der Waals surface area contributed by atoms with Gasteiger partial charge in [0.25, 0.3) is 0 Å². The molecule has 0 spiro atoms. The first-order chi connectivity index (χ1) is 10.5. The summed E-state index contributed by atoms with van der Waals surface area (Å²) < 4.78 is 31.0. The summed E-state index contributed by atoms with van der Waals surface area (Å²) in [4.78, 5) is 1.78. The number of alkyl halides is 2. The van der Waals surface area contributed by atoms with Crippen LogP contribution in [0.1, 0.15) is 5.69 Å². The molecule has 1 N–H and O–H groups in total. The van der Waals surface area contributed by atoms with Crippen molar-refractivity contribution in [3.63, 3.8) is 0 Å². The van der Waals surface area contributed by atoms with Gasteiger partial charge in [0, 0.05) is 20.3 Å². The number of anilines is 1. The van der Waals surface area contributed by atoms with E-state index in [1.165, 1.54) is 6.07 Å². The number of thiocarbonyl (C=S) groups is 1. The lowest BCUT2D eigenvalue weighted by Crippen LogP contribution is -2.31. The molecule has 118 valence electrons. The van der Waals surface area contributed by atoms with Crippen LogP contribution < -0.4 is 10.1 Å². The van der Waals surface area contributed by atoms with Crippen LogP contribution in [0.2, 0.25) is 0 Å². The van der Waals surface area contributed by atoms with Crippen LogP contribution in [0.5, 0.6) is 5.75 Å². The second kappa shape index (κ2) is 7.17. The molecule has 0 atom stereocenters. The number of ether oxygens (including phenoxy) is 1. The number of benzene rings is 1. The summed E-state index contributed by atoms with van der Waals surface area (Å²) in [6.07, 6.45) is 1.70. The molecule has 0 saturated carbocycles.